The smallest absolute Gasteiger partial charge is 0.245 e. The van der Waals surface area contributed by atoms with E-state index in [0.29, 0.717) is 0 Å². The van der Waals surface area contributed by atoms with Crippen molar-refractivity contribution >= 4 is 28.3 Å². The van der Waals surface area contributed by atoms with Crippen molar-refractivity contribution in [2.24, 2.45) is 0 Å². The fourth-order valence-corrected chi connectivity index (χ4v) is 3.34. The van der Waals surface area contributed by atoms with Crippen LogP contribution in [0.2, 0.25) is 0 Å². The number of hydrogen-bond acceptors (Lipinski definition) is 3. The van der Waals surface area contributed by atoms with Crippen molar-refractivity contribution in [3.8, 4) is 0 Å². The minimum absolute atomic E-state index is 0.282. The summed E-state index contributed by atoms with van der Waals surface area (Å²) in [6.45, 7) is 5.50. The highest BCUT2D eigenvalue weighted by molar-refractivity contribution is 6.35. The number of ether oxygens (including phenoxy) is 2. The van der Waals surface area contributed by atoms with Crippen LogP contribution in [0.15, 0.2) is 36.4 Å². The van der Waals surface area contributed by atoms with Crippen molar-refractivity contribution in [3.63, 3.8) is 0 Å². The number of halogens is 1. The molecular weight excluding hydrogens is 326 g/mol. The average molecular weight is 350 g/mol. The van der Waals surface area contributed by atoms with E-state index in [-0.39, 0.29) is 11.9 Å². The van der Waals surface area contributed by atoms with E-state index in [2.05, 4.69) is 5.32 Å². The lowest BCUT2D eigenvalue weighted by atomic mass is 9.89. The number of benzene rings is 2. The molecule has 0 fully saturated rings. The maximum Gasteiger partial charge on any atom is 0.245 e. The maximum atomic E-state index is 12.9. The summed E-state index contributed by atoms with van der Waals surface area (Å²) in [6, 6.07) is 11.6. The van der Waals surface area contributed by atoms with Gasteiger partial charge < -0.3 is 14.8 Å². The normalized spacial score (nSPS) is 15.3. The first-order valence-corrected chi connectivity index (χ1v) is 8.25. The Bertz CT molecular complexity index is 726. The Morgan fingerprint density at radius 2 is 1.79 bits per heavy atom. The molecule has 2 aromatic carbocycles. The van der Waals surface area contributed by atoms with Gasteiger partial charge in [-0.15, -0.1) is 11.6 Å². The molecule has 0 aliphatic rings. The van der Waals surface area contributed by atoms with Crippen molar-refractivity contribution in [1.29, 1.82) is 0 Å². The predicted molar refractivity (Wildman–Crippen MR) is 97.3 cm³/mol. The van der Waals surface area contributed by atoms with Gasteiger partial charge in [0, 0.05) is 14.2 Å². The third-order valence-electron chi connectivity index (χ3n) is 4.26. The lowest BCUT2D eigenvalue weighted by Crippen LogP contribution is -2.48. The van der Waals surface area contributed by atoms with Gasteiger partial charge in [-0.2, -0.15) is 0 Å². The molecule has 1 amide bonds. The number of carbonyl (C=O) groups excluding carboxylic acids is 1. The third-order valence-corrected chi connectivity index (χ3v) is 4.63. The Balaban J connectivity index is 2.40. The van der Waals surface area contributed by atoms with Gasteiger partial charge in [0.05, 0.1) is 6.04 Å². The second-order valence-corrected chi connectivity index (χ2v) is 6.84. The van der Waals surface area contributed by atoms with Gasteiger partial charge in [-0.3, -0.25) is 4.79 Å². The molecule has 5 heteroatoms. The first-order chi connectivity index (χ1) is 11.3. The van der Waals surface area contributed by atoms with Gasteiger partial charge in [-0.1, -0.05) is 36.4 Å². The van der Waals surface area contributed by atoms with E-state index in [9.17, 15) is 4.79 Å². The van der Waals surface area contributed by atoms with Crippen LogP contribution in [0.4, 0.5) is 0 Å². The zero-order valence-electron chi connectivity index (χ0n) is 14.7. The highest BCUT2D eigenvalue weighted by atomic mass is 35.5. The minimum atomic E-state index is -1.20. The number of fused-ring (bicyclic) bond motifs is 1. The number of hydrogen-bond donors (Lipinski definition) is 1. The van der Waals surface area contributed by atoms with E-state index < -0.39 is 11.2 Å². The first kappa shape index (κ1) is 18.7. The van der Waals surface area contributed by atoms with E-state index in [1.54, 1.807) is 6.92 Å². The lowest BCUT2D eigenvalue weighted by molar-refractivity contribution is -0.137. The summed E-state index contributed by atoms with van der Waals surface area (Å²) in [5.41, 5.74) is 1.79. The molecule has 1 N–H and O–H groups in total. The molecule has 0 saturated heterocycles. The number of alkyl halides is 1. The van der Waals surface area contributed by atoms with Crippen LogP contribution in [0, 0.1) is 6.92 Å². The SMILES string of the molecule is COC(OC)C(C)NC(=O)C(C)(Cl)c1c(C)ccc2ccccc12. The fourth-order valence-electron chi connectivity index (χ4n) is 3.03. The summed E-state index contributed by atoms with van der Waals surface area (Å²) >= 11 is 6.74. The number of carbonyl (C=O) groups is 1. The maximum absolute atomic E-state index is 12.9. The van der Waals surface area contributed by atoms with Crippen LogP contribution in [-0.2, 0) is 19.1 Å². The molecule has 4 nitrogen and oxygen atoms in total. The molecule has 2 aromatic rings. The molecule has 0 radical (unpaired) electrons. The number of nitrogens with one attached hydrogen (secondary N) is 1. The summed E-state index contributed by atoms with van der Waals surface area (Å²) in [6.07, 6.45) is -0.532. The quantitative estimate of drug-likeness (QED) is 0.638. The molecule has 0 saturated carbocycles. The van der Waals surface area contributed by atoms with Crippen LogP contribution in [0.25, 0.3) is 10.8 Å². The van der Waals surface area contributed by atoms with Crippen molar-refractivity contribution in [3.05, 3.63) is 47.5 Å². The van der Waals surface area contributed by atoms with Crippen molar-refractivity contribution in [1.82, 2.24) is 5.32 Å². The molecule has 24 heavy (non-hydrogen) atoms. The molecule has 0 spiro atoms. The fraction of sp³-hybridized carbons (Fsp3) is 0.421. The molecule has 2 rings (SSSR count). The Kier molecular flexibility index (Phi) is 5.86. The molecule has 130 valence electrons. The standard InChI is InChI=1S/C19H24ClNO3/c1-12-10-11-14-8-6-7-9-15(14)16(12)19(3,20)18(22)21-13(2)17(23-4)24-5/h6-11,13,17H,1-5H3,(H,21,22). The second kappa shape index (κ2) is 7.51. The summed E-state index contributed by atoms with van der Waals surface area (Å²) in [7, 11) is 3.07. The molecule has 0 aliphatic heterocycles. The Morgan fingerprint density at radius 3 is 2.42 bits per heavy atom. The number of rotatable bonds is 6. The van der Waals surface area contributed by atoms with Crippen LogP contribution < -0.4 is 5.32 Å². The molecule has 2 atom stereocenters. The molecular formula is C19H24ClNO3. The number of amides is 1. The number of aryl methyl sites for hydroxylation is 1. The topological polar surface area (TPSA) is 47.6 Å². The lowest BCUT2D eigenvalue weighted by Gasteiger charge is -2.29. The van der Waals surface area contributed by atoms with Crippen molar-refractivity contribution in [2.45, 2.75) is 38.0 Å². The first-order valence-electron chi connectivity index (χ1n) is 7.87. The van der Waals surface area contributed by atoms with E-state index in [4.69, 9.17) is 21.1 Å². The second-order valence-electron chi connectivity index (χ2n) is 6.08. The van der Waals surface area contributed by atoms with E-state index >= 15 is 0 Å². The van der Waals surface area contributed by atoms with Gasteiger partial charge in [0.2, 0.25) is 5.91 Å². The average Bonchev–Trinajstić information content (AvgIpc) is 2.55. The summed E-state index contributed by atoms with van der Waals surface area (Å²) in [4.78, 5) is 11.7. The monoisotopic (exact) mass is 349 g/mol. The van der Waals surface area contributed by atoms with Gasteiger partial charge in [0.15, 0.2) is 6.29 Å². The van der Waals surface area contributed by atoms with Crippen LogP contribution in [0.5, 0.6) is 0 Å². The van der Waals surface area contributed by atoms with Gasteiger partial charge >= 0.3 is 0 Å². The molecule has 0 heterocycles. The Morgan fingerprint density at radius 1 is 1.17 bits per heavy atom. The molecule has 2 unspecified atom stereocenters. The van der Waals surface area contributed by atoms with Crippen molar-refractivity contribution in [2.75, 3.05) is 14.2 Å². The van der Waals surface area contributed by atoms with Crippen molar-refractivity contribution < 1.29 is 14.3 Å². The van der Waals surface area contributed by atoms with Gasteiger partial charge in [0.25, 0.3) is 0 Å². The van der Waals surface area contributed by atoms with Gasteiger partial charge in [0.1, 0.15) is 4.87 Å². The number of methoxy groups -OCH3 is 2. The largest absolute Gasteiger partial charge is 0.354 e. The molecule has 0 aromatic heterocycles. The Hall–Kier alpha value is -1.62. The highest BCUT2D eigenvalue weighted by Crippen LogP contribution is 2.37. The minimum Gasteiger partial charge on any atom is -0.354 e. The Labute approximate surface area is 148 Å². The summed E-state index contributed by atoms with van der Waals surface area (Å²) in [5.74, 6) is -0.282. The van der Waals surface area contributed by atoms with Crippen LogP contribution in [-0.4, -0.2) is 32.5 Å². The summed E-state index contributed by atoms with van der Waals surface area (Å²) < 4.78 is 10.4. The van der Waals surface area contributed by atoms with Gasteiger partial charge in [-0.25, -0.2) is 0 Å². The van der Waals surface area contributed by atoms with Crippen LogP contribution in [0.3, 0.4) is 0 Å². The third kappa shape index (κ3) is 3.56. The molecule has 0 bridgehead atoms. The van der Waals surface area contributed by atoms with Crippen LogP contribution >= 0.6 is 11.6 Å². The van der Waals surface area contributed by atoms with E-state index in [1.165, 1.54) is 14.2 Å². The zero-order valence-corrected chi connectivity index (χ0v) is 15.5. The summed E-state index contributed by atoms with van der Waals surface area (Å²) in [5, 5.41) is 4.92. The highest BCUT2D eigenvalue weighted by Gasteiger charge is 2.37. The molecule has 0 aliphatic carbocycles. The predicted octanol–water partition coefficient (Wildman–Crippen LogP) is 3.73. The van der Waals surface area contributed by atoms with Gasteiger partial charge in [-0.05, 0) is 42.7 Å². The van der Waals surface area contributed by atoms with E-state index in [1.807, 2.05) is 50.2 Å². The zero-order chi connectivity index (χ0) is 17.9. The van der Waals surface area contributed by atoms with E-state index in [0.717, 1.165) is 21.9 Å². The van der Waals surface area contributed by atoms with Crippen LogP contribution in [0.1, 0.15) is 25.0 Å².